The Bertz CT molecular complexity index is 1030. The number of para-hydroxylation sites is 1. The Morgan fingerprint density at radius 1 is 1.04 bits per heavy atom. The van der Waals surface area contributed by atoms with Gasteiger partial charge in [-0.15, -0.1) is 0 Å². The Balaban J connectivity index is 1.88. The average Bonchev–Trinajstić information content (AvgIpc) is 3.00. The predicted molar refractivity (Wildman–Crippen MR) is 106 cm³/mol. The van der Waals surface area contributed by atoms with Crippen LogP contribution in [0.25, 0.3) is 22.3 Å². The van der Waals surface area contributed by atoms with Gasteiger partial charge in [-0.1, -0.05) is 36.4 Å². The molecule has 5 nitrogen and oxygen atoms in total. The molecule has 3 aromatic rings. The topological polar surface area (TPSA) is 62.6 Å². The van der Waals surface area contributed by atoms with Crippen LogP contribution in [0, 0.1) is 6.92 Å². The quantitative estimate of drug-likeness (QED) is 0.760. The number of carbonyl (C=O) groups is 1. The summed E-state index contributed by atoms with van der Waals surface area (Å²) >= 11 is 0. The summed E-state index contributed by atoms with van der Waals surface area (Å²) < 4.78 is 6.17. The SMILES string of the molecule is Cc1c(-c2ccccc2)oc2c(C(=O)N3CCCNCC3)cccc2c1=O. The zero-order chi connectivity index (χ0) is 18.8. The summed E-state index contributed by atoms with van der Waals surface area (Å²) in [5.41, 5.74) is 2.10. The van der Waals surface area contributed by atoms with Gasteiger partial charge in [0.2, 0.25) is 0 Å². The fourth-order valence-electron chi connectivity index (χ4n) is 3.56. The molecule has 2 heterocycles. The Labute approximate surface area is 157 Å². The van der Waals surface area contributed by atoms with Crippen LogP contribution in [0.15, 0.2) is 57.7 Å². The van der Waals surface area contributed by atoms with E-state index in [9.17, 15) is 9.59 Å². The molecule has 1 aliphatic heterocycles. The summed E-state index contributed by atoms with van der Waals surface area (Å²) in [4.78, 5) is 27.9. The monoisotopic (exact) mass is 362 g/mol. The van der Waals surface area contributed by atoms with Crippen molar-refractivity contribution in [1.82, 2.24) is 10.2 Å². The van der Waals surface area contributed by atoms with Crippen molar-refractivity contribution in [1.29, 1.82) is 0 Å². The number of hydrogen-bond donors (Lipinski definition) is 1. The van der Waals surface area contributed by atoms with E-state index in [2.05, 4.69) is 5.32 Å². The highest BCUT2D eigenvalue weighted by Gasteiger charge is 2.22. The standard InChI is InChI=1S/C22H22N2O3/c1-15-19(25)17-9-5-10-18(22(26)24-13-6-11-23-12-14-24)21(17)27-20(15)16-7-3-2-4-8-16/h2-5,7-10,23H,6,11-14H2,1H3. The maximum Gasteiger partial charge on any atom is 0.257 e. The van der Waals surface area contributed by atoms with Crippen LogP contribution < -0.4 is 10.7 Å². The van der Waals surface area contributed by atoms with Crippen molar-refractivity contribution in [3.63, 3.8) is 0 Å². The summed E-state index contributed by atoms with van der Waals surface area (Å²) in [5, 5.41) is 3.75. The number of benzene rings is 2. The second kappa shape index (κ2) is 7.37. The molecule has 1 aliphatic rings. The molecule has 2 aromatic carbocycles. The summed E-state index contributed by atoms with van der Waals surface area (Å²) in [5.74, 6) is 0.432. The van der Waals surface area contributed by atoms with Crippen molar-refractivity contribution in [2.75, 3.05) is 26.2 Å². The lowest BCUT2D eigenvalue weighted by Crippen LogP contribution is -2.34. The van der Waals surface area contributed by atoms with E-state index in [4.69, 9.17) is 4.42 Å². The molecule has 27 heavy (non-hydrogen) atoms. The number of rotatable bonds is 2. The maximum atomic E-state index is 13.1. The second-order valence-electron chi connectivity index (χ2n) is 6.83. The van der Waals surface area contributed by atoms with Crippen molar-refractivity contribution in [3.05, 3.63) is 69.9 Å². The third-order valence-electron chi connectivity index (χ3n) is 5.04. The van der Waals surface area contributed by atoms with E-state index in [0.717, 1.165) is 25.1 Å². The lowest BCUT2D eigenvalue weighted by Gasteiger charge is -2.20. The van der Waals surface area contributed by atoms with E-state index in [1.807, 2.05) is 35.2 Å². The average molecular weight is 362 g/mol. The van der Waals surface area contributed by atoms with Gasteiger partial charge in [-0.3, -0.25) is 9.59 Å². The van der Waals surface area contributed by atoms with E-state index in [-0.39, 0.29) is 11.3 Å². The first-order valence-corrected chi connectivity index (χ1v) is 9.28. The van der Waals surface area contributed by atoms with Gasteiger partial charge in [0.25, 0.3) is 5.91 Å². The van der Waals surface area contributed by atoms with Crippen LogP contribution in [0.4, 0.5) is 0 Å². The molecule has 1 amide bonds. The largest absolute Gasteiger partial charge is 0.455 e. The Morgan fingerprint density at radius 2 is 1.85 bits per heavy atom. The van der Waals surface area contributed by atoms with Gasteiger partial charge >= 0.3 is 0 Å². The summed E-state index contributed by atoms with van der Waals surface area (Å²) in [7, 11) is 0. The number of amides is 1. The van der Waals surface area contributed by atoms with Crippen LogP contribution in [0.2, 0.25) is 0 Å². The first-order valence-electron chi connectivity index (χ1n) is 9.28. The van der Waals surface area contributed by atoms with E-state index in [0.29, 0.717) is 40.9 Å². The van der Waals surface area contributed by atoms with Crippen LogP contribution in [-0.4, -0.2) is 37.0 Å². The number of fused-ring (bicyclic) bond motifs is 1. The van der Waals surface area contributed by atoms with Gasteiger partial charge in [-0.2, -0.15) is 0 Å². The Kier molecular flexibility index (Phi) is 4.77. The van der Waals surface area contributed by atoms with Crippen molar-refractivity contribution in [3.8, 4) is 11.3 Å². The molecule has 5 heteroatoms. The van der Waals surface area contributed by atoms with Crippen LogP contribution in [-0.2, 0) is 0 Å². The summed E-state index contributed by atoms with van der Waals surface area (Å²) in [6.45, 7) is 4.80. The summed E-state index contributed by atoms with van der Waals surface area (Å²) in [6.07, 6.45) is 0.912. The number of nitrogens with zero attached hydrogens (tertiary/aromatic N) is 1. The van der Waals surface area contributed by atoms with Gasteiger partial charge in [-0.05, 0) is 32.0 Å². The summed E-state index contributed by atoms with van der Waals surface area (Å²) in [6, 6.07) is 14.8. The van der Waals surface area contributed by atoms with E-state index >= 15 is 0 Å². The molecule has 138 valence electrons. The van der Waals surface area contributed by atoms with Crippen LogP contribution >= 0.6 is 0 Å². The third-order valence-corrected chi connectivity index (χ3v) is 5.04. The van der Waals surface area contributed by atoms with Crippen molar-refractivity contribution < 1.29 is 9.21 Å². The molecule has 0 spiro atoms. The van der Waals surface area contributed by atoms with Gasteiger partial charge in [0.05, 0.1) is 10.9 Å². The third kappa shape index (κ3) is 3.26. The fraction of sp³-hybridized carbons (Fsp3) is 0.273. The van der Waals surface area contributed by atoms with Crippen LogP contribution in [0.3, 0.4) is 0 Å². The number of carbonyl (C=O) groups excluding carboxylic acids is 1. The molecule has 1 N–H and O–H groups in total. The smallest absolute Gasteiger partial charge is 0.257 e. The van der Waals surface area contributed by atoms with E-state index in [1.165, 1.54) is 0 Å². The van der Waals surface area contributed by atoms with Crippen molar-refractivity contribution in [2.24, 2.45) is 0 Å². The molecule has 1 aromatic heterocycles. The second-order valence-corrected chi connectivity index (χ2v) is 6.83. The normalized spacial score (nSPS) is 14.9. The maximum absolute atomic E-state index is 13.1. The molecular formula is C22H22N2O3. The highest BCUT2D eigenvalue weighted by molar-refractivity contribution is 6.05. The predicted octanol–water partition coefficient (Wildman–Crippen LogP) is 3.20. The molecule has 1 fully saturated rings. The van der Waals surface area contributed by atoms with Gasteiger partial charge in [0, 0.05) is 30.8 Å². The number of hydrogen-bond acceptors (Lipinski definition) is 4. The van der Waals surface area contributed by atoms with E-state index in [1.54, 1.807) is 25.1 Å². The van der Waals surface area contributed by atoms with Gasteiger partial charge in [0.15, 0.2) is 11.0 Å². The molecular weight excluding hydrogens is 340 g/mol. The zero-order valence-electron chi connectivity index (χ0n) is 15.3. The highest BCUT2D eigenvalue weighted by Crippen LogP contribution is 2.27. The molecule has 0 unspecified atom stereocenters. The lowest BCUT2D eigenvalue weighted by atomic mass is 10.0. The molecule has 0 radical (unpaired) electrons. The minimum atomic E-state index is -0.0951. The molecule has 4 rings (SSSR count). The van der Waals surface area contributed by atoms with Crippen LogP contribution in [0.5, 0.6) is 0 Å². The molecule has 0 atom stereocenters. The van der Waals surface area contributed by atoms with Crippen molar-refractivity contribution >= 4 is 16.9 Å². The highest BCUT2D eigenvalue weighted by atomic mass is 16.3. The molecule has 0 bridgehead atoms. The zero-order valence-corrected chi connectivity index (χ0v) is 15.3. The minimum Gasteiger partial charge on any atom is -0.455 e. The van der Waals surface area contributed by atoms with Gasteiger partial charge in [-0.25, -0.2) is 0 Å². The number of nitrogens with one attached hydrogen (secondary N) is 1. The van der Waals surface area contributed by atoms with Gasteiger partial charge < -0.3 is 14.6 Å². The first-order chi connectivity index (χ1) is 13.2. The van der Waals surface area contributed by atoms with E-state index < -0.39 is 0 Å². The van der Waals surface area contributed by atoms with Crippen molar-refractivity contribution in [2.45, 2.75) is 13.3 Å². The molecule has 1 saturated heterocycles. The van der Waals surface area contributed by atoms with Crippen LogP contribution in [0.1, 0.15) is 22.3 Å². The minimum absolute atomic E-state index is 0.0877. The molecule has 0 aliphatic carbocycles. The first kappa shape index (κ1) is 17.5. The van der Waals surface area contributed by atoms with Gasteiger partial charge in [0.1, 0.15) is 5.76 Å². The Morgan fingerprint density at radius 3 is 2.67 bits per heavy atom. The molecule has 0 saturated carbocycles. The lowest BCUT2D eigenvalue weighted by molar-refractivity contribution is 0.0767. The Hall–Kier alpha value is -2.92. The fourth-order valence-corrected chi connectivity index (χ4v) is 3.56.